The molecule has 104 valence electrons. The third kappa shape index (κ3) is 2.29. The van der Waals surface area contributed by atoms with Crippen LogP contribution in [0.1, 0.15) is 12.1 Å². The average Bonchev–Trinajstić information content (AvgIpc) is 2.98. The summed E-state index contributed by atoms with van der Waals surface area (Å²) in [6.45, 7) is 3.24. The van der Waals surface area contributed by atoms with Crippen LogP contribution in [-0.2, 0) is 13.1 Å². The fourth-order valence-corrected chi connectivity index (χ4v) is 2.23. The molecule has 0 amide bonds. The van der Waals surface area contributed by atoms with Crippen LogP contribution >= 0.6 is 0 Å². The molecule has 2 N–H and O–H groups in total. The second kappa shape index (κ2) is 4.84. The van der Waals surface area contributed by atoms with Gasteiger partial charge < -0.3 is 10.3 Å². The van der Waals surface area contributed by atoms with Gasteiger partial charge >= 0.3 is 0 Å². The summed E-state index contributed by atoms with van der Waals surface area (Å²) in [7, 11) is 0. The fourth-order valence-electron chi connectivity index (χ4n) is 2.23. The predicted octanol–water partition coefficient (Wildman–Crippen LogP) is 0.673. The average molecular weight is 272 g/mol. The molecule has 3 rings (SSSR count). The van der Waals surface area contributed by atoms with Gasteiger partial charge in [0.2, 0.25) is 0 Å². The summed E-state index contributed by atoms with van der Waals surface area (Å²) in [6.07, 6.45) is 6.21. The highest BCUT2D eigenvalue weighted by Gasteiger charge is 2.05. The van der Waals surface area contributed by atoms with Crippen LogP contribution in [0.4, 0.5) is 5.82 Å². The van der Waals surface area contributed by atoms with Crippen molar-refractivity contribution in [3.05, 3.63) is 46.8 Å². The summed E-state index contributed by atoms with van der Waals surface area (Å²) in [5.41, 5.74) is 6.98. The lowest BCUT2D eigenvalue weighted by molar-refractivity contribution is 0.520. The Hall–Kier alpha value is -2.57. The molecule has 0 aliphatic rings. The maximum atomic E-state index is 12.2. The van der Waals surface area contributed by atoms with Crippen molar-refractivity contribution in [2.75, 3.05) is 5.73 Å². The summed E-state index contributed by atoms with van der Waals surface area (Å²) in [5.74, 6) is 0.512. The molecule has 0 bridgehead atoms. The third-order valence-electron chi connectivity index (χ3n) is 3.17. The number of nitrogen functional groups attached to an aromatic ring is 1. The Balaban J connectivity index is 1.74. The smallest absolute Gasteiger partial charge is 0.276 e. The van der Waals surface area contributed by atoms with Crippen molar-refractivity contribution in [2.24, 2.45) is 0 Å². The molecule has 0 aliphatic carbocycles. The highest BCUT2D eigenvalue weighted by atomic mass is 16.1. The van der Waals surface area contributed by atoms with Gasteiger partial charge in [0, 0.05) is 31.7 Å². The second-order valence-corrected chi connectivity index (χ2v) is 4.77. The Kier molecular flexibility index (Phi) is 3.02. The summed E-state index contributed by atoms with van der Waals surface area (Å²) in [6, 6.07) is 3.56. The first-order chi connectivity index (χ1) is 9.63. The van der Waals surface area contributed by atoms with Crippen molar-refractivity contribution >= 4 is 11.3 Å². The standard InChI is InChI=1S/C13H16N6O/c1-10-9-11-13(20)17(7-8-19(11)15-10)4-2-5-18-6-3-12(14)16-18/h3,6-9H,2,4-5H2,1H3,(H2,14,16). The van der Waals surface area contributed by atoms with E-state index in [0.29, 0.717) is 17.9 Å². The first kappa shape index (κ1) is 12.5. The van der Waals surface area contributed by atoms with Crippen molar-refractivity contribution in [3.63, 3.8) is 0 Å². The van der Waals surface area contributed by atoms with E-state index >= 15 is 0 Å². The van der Waals surface area contributed by atoms with Gasteiger partial charge in [-0.15, -0.1) is 0 Å². The number of nitrogens with zero attached hydrogens (tertiary/aromatic N) is 5. The highest BCUT2D eigenvalue weighted by Crippen LogP contribution is 2.01. The monoisotopic (exact) mass is 272 g/mol. The number of hydrogen-bond donors (Lipinski definition) is 1. The number of rotatable bonds is 4. The Morgan fingerprint density at radius 2 is 2.05 bits per heavy atom. The minimum atomic E-state index is -0.0203. The minimum absolute atomic E-state index is 0.0203. The van der Waals surface area contributed by atoms with Crippen molar-refractivity contribution in [3.8, 4) is 0 Å². The van der Waals surface area contributed by atoms with Gasteiger partial charge in [0.05, 0.1) is 5.69 Å². The maximum Gasteiger partial charge on any atom is 0.276 e. The van der Waals surface area contributed by atoms with Gasteiger partial charge in [0.1, 0.15) is 11.3 Å². The lowest BCUT2D eigenvalue weighted by atomic mass is 10.4. The topological polar surface area (TPSA) is 83.1 Å². The van der Waals surface area contributed by atoms with Crippen LogP contribution in [0.15, 0.2) is 35.5 Å². The van der Waals surface area contributed by atoms with Gasteiger partial charge in [0.15, 0.2) is 0 Å². The van der Waals surface area contributed by atoms with Crippen molar-refractivity contribution in [1.29, 1.82) is 0 Å². The molecule has 0 aromatic carbocycles. The van der Waals surface area contributed by atoms with Gasteiger partial charge in [0.25, 0.3) is 5.56 Å². The van der Waals surface area contributed by atoms with Gasteiger partial charge in [-0.3, -0.25) is 9.48 Å². The molecule has 0 spiro atoms. The molecule has 0 radical (unpaired) electrons. The summed E-state index contributed by atoms with van der Waals surface area (Å²) >= 11 is 0. The minimum Gasteiger partial charge on any atom is -0.382 e. The molecule has 0 saturated carbocycles. The molecular weight excluding hydrogens is 256 g/mol. The van der Waals surface area contributed by atoms with Crippen molar-refractivity contribution in [2.45, 2.75) is 26.4 Å². The molecule has 0 aliphatic heterocycles. The highest BCUT2D eigenvalue weighted by molar-refractivity contribution is 5.44. The van der Waals surface area contributed by atoms with Crippen LogP contribution in [0.5, 0.6) is 0 Å². The first-order valence-electron chi connectivity index (χ1n) is 6.48. The van der Waals surface area contributed by atoms with Crippen molar-refractivity contribution < 1.29 is 0 Å². The van der Waals surface area contributed by atoms with Crippen LogP contribution in [0.25, 0.3) is 5.52 Å². The van der Waals surface area contributed by atoms with Crippen molar-refractivity contribution in [1.82, 2.24) is 24.0 Å². The first-order valence-corrected chi connectivity index (χ1v) is 6.48. The van der Waals surface area contributed by atoms with Crippen LogP contribution < -0.4 is 11.3 Å². The zero-order valence-corrected chi connectivity index (χ0v) is 11.2. The van der Waals surface area contributed by atoms with E-state index in [-0.39, 0.29) is 5.56 Å². The fraction of sp³-hybridized carbons (Fsp3) is 0.308. The molecule has 7 heteroatoms. The Bertz CT molecular complexity index is 797. The van der Waals surface area contributed by atoms with Crippen LogP contribution in [-0.4, -0.2) is 24.0 Å². The van der Waals surface area contributed by atoms with Crippen LogP contribution in [0.3, 0.4) is 0 Å². The van der Waals surface area contributed by atoms with Crippen LogP contribution in [0, 0.1) is 6.92 Å². The van der Waals surface area contributed by atoms with Gasteiger partial charge in [-0.2, -0.15) is 10.2 Å². The normalized spacial score (nSPS) is 11.2. The summed E-state index contributed by atoms with van der Waals surface area (Å²) < 4.78 is 5.09. The maximum absolute atomic E-state index is 12.2. The van der Waals surface area contributed by atoms with Gasteiger partial charge in [-0.25, -0.2) is 4.52 Å². The number of aryl methyl sites for hydroxylation is 3. The Labute approximate surface area is 115 Å². The van der Waals surface area contributed by atoms with E-state index in [9.17, 15) is 4.79 Å². The van der Waals surface area contributed by atoms with Gasteiger partial charge in [-0.1, -0.05) is 0 Å². The Morgan fingerprint density at radius 1 is 1.20 bits per heavy atom. The molecule has 3 heterocycles. The quantitative estimate of drug-likeness (QED) is 0.756. The van der Waals surface area contributed by atoms with E-state index in [1.165, 1.54) is 0 Å². The lowest BCUT2D eigenvalue weighted by Gasteiger charge is -2.06. The Morgan fingerprint density at radius 3 is 2.80 bits per heavy atom. The lowest BCUT2D eigenvalue weighted by Crippen LogP contribution is -2.22. The summed E-state index contributed by atoms with van der Waals surface area (Å²) in [4.78, 5) is 12.2. The molecule has 7 nitrogen and oxygen atoms in total. The number of fused-ring (bicyclic) bond motifs is 1. The van der Waals surface area contributed by atoms with E-state index in [1.54, 1.807) is 38.3 Å². The SMILES string of the molecule is Cc1cc2c(=O)n(CCCn3ccc(N)n3)ccn2n1. The largest absolute Gasteiger partial charge is 0.382 e. The second-order valence-electron chi connectivity index (χ2n) is 4.77. The predicted molar refractivity (Wildman–Crippen MR) is 75.4 cm³/mol. The van der Waals surface area contributed by atoms with E-state index in [1.807, 2.05) is 13.1 Å². The van der Waals surface area contributed by atoms with E-state index < -0.39 is 0 Å². The zero-order valence-electron chi connectivity index (χ0n) is 11.2. The molecule has 20 heavy (non-hydrogen) atoms. The van der Waals surface area contributed by atoms with E-state index in [2.05, 4.69) is 10.2 Å². The number of anilines is 1. The van der Waals surface area contributed by atoms with E-state index in [0.717, 1.165) is 18.7 Å². The molecule has 0 atom stereocenters. The van der Waals surface area contributed by atoms with E-state index in [4.69, 9.17) is 5.73 Å². The molecule has 0 saturated heterocycles. The molecule has 0 unspecified atom stereocenters. The van der Waals surface area contributed by atoms with Crippen LogP contribution in [0.2, 0.25) is 0 Å². The van der Waals surface area contributed by atoms with Gasteiger partial charge in [-0.05, 0) is 25.5 Å². The number of hydrogen-bond acceptors (Lipinski definition) is 4. The molecular formula is C13H16N6O. The number of nitrogens with two attached hydrogens (primary N) is 1. The molecule has 3 aromatic rings. The molecule has 3 aromatic heterocycles. The number of aromatic nitrogens is 5. The summed E-state index contributed by atoms with van der Waals surface area (Å²) in [5, 5.41) is 8.33. The molecule has 0 fully saturated rings. The third-order valence-corrected chi connectivity index (χ3v) is 3.17. The zero-order chi connectivity index (χ0) is 14.1.